The SMILES string of the molecule is C=CCCCOC(=O)[C@@H]1[C@H]2C(=O)N(CCCCCCO)C(C(=O)N(CC=C)C(C)C)C23CC(C)[C@@]1(C)O3. The number of ether oxygens (including phenoxy) is 2. The van der Waals surface area contributed by atoms with Crippen LogP contribution in [0.15, 0.2) is 25.3 Å². The molecule has 0 radical (unpaired) electrons. The maximum absolute atomic E-state index is 14.2. The zero-order chi connectivity index (χ0) is 27.4. The van der Waals surface area contributed by atoms with Crippen molar-refractivity contribution in [1.82, 2.24) is 9.80 Å². The highest BCUT2D eigenvalue weighted by Crippen LogP contribution is 2.65. The minimum Gasteiger partial charge on any atom is -0.465 e. The summed E-state index contributed by atoms with van der Waals surface area (Å²) in [7, 11) is 0. The Morgan fingerprint density at radius 2 is 1.92 bits per heavy atom. The number of nitrogens with zero attached hydrogens (tertiary/aromatic N) is 2. The summed E-state index contributed by atoms with van der Waals surface area (Å²) in [6, 6.07) is -0.882. The van der Waals surface area contributed by atoms with Gasteiger partial charge in [0.25, 0.3) is 0 Å². The van der Waals surface area contributed by atoms with Gasteiger partial charge in [-0.05, 0) is 58.8 Å². The molecular formula is C29H46N2O6. The second kappa shape index (κ2) is 12.1. The Labute approximate surface area is 222 Å². The van der Waals surface area contributed by atoms with E-state index >= 15 is 0 Å². The number of hydrogen-bond acceptors (Lipinski definition) is 6. The number of likely N-dealkylation sites (tertiary alicyclic amines) is 1. The minimum atomic E-state index is -1.06. The Morgan fingerprint density at radius 1 is 1.22 bits per heavy atom. The third kappa shape index (κ3) is 5.24. The Hall–Kier alpha value is -2.19. The lowest BCUT2D eigenvalue weighted by Gasteiger charge is -2.38. The molecule has 3 unspecified atom stereocenters. The van der Waals surface area contributed by atoms with Crippen LogP contribution in [0.25, 0.3) is 0 Å². The Morgan fingerprint density at radius 3 is 2.54 bits per heavy atom. The normalized spacial score (nSPS) is 32.1. The van der Waals surface area contributed by atoms with Gasteiger partial charge in [0.2, 0.25) is 11.8 Å². The van der Waals surface area contributed by atoms with Crippen LogP contribution in [-0.4, -0.2) is 82.3 Å². The highest BCUT2D eigenvalue weighted by molar-refractivity contribution is 5.98. The number of aliphatic hydroxyl groups excluding tert-OH is 1. The molecule has 0 aromatic carbocycles. The molecule has 208 valence electrons. The van der Waals surface area contributed by atoms with Gasteiger partial charge in [-0.15, -0.1) is 13.2 Å². The van der Waals surface area contributed by atoms with Gasteiger partial charge < -0.3 is 24.4 Å². The molecule has 3 aliphatic rings. The number of esters is 1. The quantitative estimate of drug-likeness (QED) is 0.203. The van der Waals surface area contributed by atoms with Crippen molar-refractivity contribution in [1.29, 1.82) is 0 Å². The van der Waals surface area contributed by atoms with E-state index in [1.54, 1.807) is 22.0 Å². The Bertz CT molecular complexity index is 874. The first-order valence-electron chi connectivity index (χ1n) is 13.9. The van der Waals surface area contributed by atoms with Crippen LogP contribution >= 0.6 is 0 Å². The number of unbranched alkanes of at least 4 members (excludes halogenated alkanes) is 4. The highest BCUT2D eigenvalue weighted by atomic mass is 16.6. The summed E-state index contributed by atoms with van der Waals surface area (Å²) in [4.78, 5) is 45.1. The van der Waals surface area contributed by atoms with Crippen LogP contribution in [-0.2, 0) is 23.9 Å². The number of carbonyl (C=O) groups excluding carboxylic acids is 3. The average Bonchev–Trinajstić information content (AvgIpc) is 3.36. The van der Waals surface area contributed by atoms with Crippen molar-refractivity contribution in [2.24, 2.45) is 17.8 Å². The van der Waals surface area contributed by atoms with Gasteiger partial charge in [-0.25, -0.2) is 0 Å². The number of allylic oxidation sites excluding steroid dienone is 1. The van der Waals surface area contributed by atoms with Crippen molar-refractivity contribution in [3.05, 3.63) is 25.3 Å². The van der Waals surface area contributed by atoms with Crippen molar-refractivity contribution in [2.45, 2.75) is 95.9 Å². The number of hydrogen-bond donors (Lipinski definition) is 1. The van der Waals surface area contributed by atoms with Crippen LogP contribution in [0.4, 0.5) is 0 Å². The molecule has 3 saturated heterocycles. The summed E-state index contributed by atoms with van der Waals surface area (Å²) in [5.41, 5.74) is -1.94. The van der Waals surface area contributed by atoms with E-state index in [4.69, 9.17) is 14.6 Å². The maximum Gasteiger partial charge on any atom is 0.312 e. The number of rotatable bonds is 15. The van der Waals surface area contributed by atoms with Crippen molar-refractivity contribution < 1.29 is 29.0 Å². The fraction of sp³-hybridized carbons (Fsp3) is 0.759. The molecule has 0 saturated carbocycles. The minimum absolute atomic E-state index is 0.0195. The average molecular weight is 519 g/mol. The van der Waals surface area contributed by atoms with Crippen LogP contribution in [0.5, 0.6) is 0 Å². The first-order valence-corrected chi connectivity index (χ1v) is 13.9. The molecule has 0 aromatic heterocycles. The lowest BCUT2D eigenvalue weighted by molar-refractivity contribution is -0.162. The monoisotopic (exact) mass is 518 g/mol. The van der Waals surface area contributed by atoms with Crippen molar-refractivity contribution in [3.63, 3.8) is 0 Å². The van der Waals surface area contributed by atoms with E-state index in [-0.39, 0.29) is 37.0 Å². The van der Waals surface area contributed by atoms with Crippen LogP contribution < -0.4 is 0 Å². The summed E-state index contributed by atoms with van der Waals surface area (Å²) in [5, 5.41) is 9.11. The van der Waals surface area contributed by atoms with Gasteiger partial charge in [0.15, 0.2) is 0 Å². The molecule has 2 bridgehead atoms. The molecule has 8 heteroatoms. The predicted octanol–water partition coefficient (Wildman–Crippen LogP) is 3.48. The van der Waals surface area contributed by atoms with Gasteiger partial charge in [0.05, 0.1) is 18.1 Å². The highest BCUT2D eigenvalue weighted by Gasteiger charge is 2.80. The fourth-order valence-electron chi connectivity index (χ4n) is 6.71. The third-order valence-corrected chi connectivity index (χ3v) is 8.64. The van der Waals surface area contributed by atoms with Crippen molar-refractivity contribution in [2.75, 3.05) is 26.3 Å². The molecule has 1 N–H and O–H groups in total. The Balaban J connectivity index is 1.97. The summed E-state index contributed by atoms with van der Waals surface area (Å²) in [6.07, 6.45) is 8.55. The summed E-state index contributed by atoms with van der Waals surface area (Å²) in [5.74, 6) is -2.28. The molecule has 0 aliphatic carbocycles. The molecule has 2 amide bonds. The van der Waals surface area contributed by atoms with Gasteiger partial charge in [-0.1, -0.05) is 31.9 Å². The standard InChI is InChI=1S/C29H46N2O6/c1-7-9-14-18-36-27(35)23-22-25(33)31(16-12-10-11-13-17-32)24(26(34)30(15-8-2)20(3)4)29(22)19-21(5)28(23,6)37-29/h7-8,20-24,32H,1-2,9-19H2,3-6H3/t21?,22-,23-,24?,28+,29?/m0/s1. The van der Waals surface area contributed by atoms with Gasteiger partial charge in [-0.3, -0.25) is 14.4 Å². The number of fused-ring (bicyclic) bond motifs is 1. The summed E-state index contributed by atoms with van der Waals surface area (Å²) in [6.45, 7) is 16.6. The predicted molar refractivity (Wildman–Crippen MR) is 141 cm³/mol. The van der Waals surface area contributed by atoms with E-state index in [9.17, 15) is 14.4 Å². The molecule has 3 fully saturated rings. The van der Waals surface area contributed by atoms with Crippen LogP contribution in [0, 0.1) is 17.8 Å². The number of amides is 2. The smallest absolute Gasteiger partial charge is 0.312 e. The van der Waals surface area contributed by atoms with Crippen molar-refractivity contribution in [3.8, 4) is 0 Å². The largest absolute Gasteiger partial charge is 0.465 e. The van der Waals surface area contributed by atoms with E-state index in [0.29, 0.717) is 38.8 Å². The van der Waals surface area contributed by atoms with Gasteiger partial charge in [-0.2, -0.15) is 0 Å². The van der Waals surface area contributed by atoms with Crippen LogP contribution in [0.2, 0.25) is 0 Å². The lowest BCUT2D eigenvalue weighted by Crippen LogP contribution is -2.57. The summed E-state index contributed by atoms with van der Waals surface area (Å²) >= 11 is 0. The first kappa shape index (κ1) is 29.4. The molecule has 0 aromatic rings. The van der Waals surface area contributed by atoms with Crippen LogP contribution in [0.3, 0.4) is 0 Å². The second-order valence-electron chi connectivity index (χ2n) is 11.3. The Kier molecular flexibility index (Phi) is 9.62. The van der Waals surface area contributed by atoms with E-state index < -0.39 is 35.0 Å². The lowest BCUT2D eigenvalue weighted by atomic mass is 9.62. The molecule has 3 aliphatic heterocycles. The molecule has 37 heavy (non-hydrogen) atoms. The first-order chi connectivity index (χ1) is 17.6. The molecule has 6 atom stereocenters. The second-order valence-corrected chi connectivity index (χ2v) is 11.3. The fourth-order valence-corrected chi connectivity index (χ4v) is 6.71. The van der Waals surface area contributed by atoms with Gasteiger partial charge in [0.1, 0.15) is 17.6 Å². The topological polar surface area (TPSA) is 96.4 Å². The molecule has 1 spiro atoms. The van der Waals surface area contributed by atoms with E-state index in [1.165, 1.54) is 0 Å². The molecule has 8 nitrogen and oxygen atoms in total. The van der Waals surface area contributed by atoms with E-state index in [2.05, 4.69) is 13.2 Å². The summed E-state index contributed by atoms with van der Waals surface area (Å²) < 4.78 is 12.4. The van der Waals surface area contributed by atoms with Gasteiger partial charge >= 0.3 is 5.97 Å². The molecule has 3 rings (SSSR count). The van der Waals surface area contributed by atoms with Crippen LogP contribution in [0.1, 0.15) is 72.6 Å². The maximum atomic E-state index is 14.2. The van der Waals surface area contributed by atoms with E-state index in [1.807, 2.05) is 27.7 Å². The molecular weight excluding hydrogens is 472 g/mol. The number of carbonyl (C=O) groups is 3. The third-order valence-electron chi connectivity index (χ3n) is 8.64. The number of aliphatic hydroxyl groups is 1. The molecule has 3 heterocycles. The van der Waals surface area contributed by atoms with E-state index in [0.717, 1.165) is 19.3 Å². The zero-order valence-electron chi connectivity index (χ0n) is 23.1. The zero-order valence-corrected chi connectivity index (χ0v) is 23.1. The van der Waals surface area contributed by atoms with Gasteiger partial charge in [0, 0.05) is 25.7 Å². The van der Waals surface area contributed by atoms with Crippen molar-refractivity contribution >= 4 is 17.8 Å².